The number of imidazole rings is 1. The smallest absolute Gasteiger partial charge is 0.503 e. The Balaban J connectivity index is 0.00000240. The Bertz CT molecular complexity index is 1840. The van der Waals surface area contributed by atoms with Gasteiger partial charge in [-0.25, -0.2) is 4.98 Å². The summed E-state index contributed by atoms with van der Waals surface area (Å²) in [7, 11) is 0. The molecule has 0 aliphatic heterocycles. The van der Waals surface area contributed by atoms with Crippen molar-refractivity contribution in [3.8, 4) is 28.4 Å². The van der Waals surface area contributed by atoms with Crippen molar-refractivity contribution in [3.05, 3.63) is 116 Å². The van der Waals surface area contributed by atoms with Gasteiger partial charge in [-0.15, -0.1) is 30.3 Å². The Morgan fingerprint density at radius 1 is 0.667 bits per heavy atom. The van der Waals surface area contributed by atoms with Gasteiger partial charge < -0.3 is 9.14 Å². The molecule has 4 heterocycles. The van der Waals surface area contributed by atoms with E-state index < -0.39 is 0 Å². The zero-order valence-electron chi connectivity index (χ0n) is 18.8. The Kier molecular flexibility index (Phi) is 5.59. The van der Waals surface area contributed by atoms with Gasteiger partial charge in [-0.2, -0.15) is 11.2 Å². The molecule has 174 valence electrons. The molecule has 0 saturated heterocycles. The summed E-state index contributed by atoms with van der Waals surface area (Å²) in [5.74, 6) is 1.17. The van der Waals surface area contributed by atoms with E-state index in [1.54, 1.807) is 17.1 Å². The molecule has 0 radical (unpaired) electrons. The van der Waals surface area contributed by atoms with Crippen LogP contribution in [0.3, 0.4) is 0 Å². The number of hydrogen-bond donors (Lipinski definition) is 0. The first-order valence-electron chi connectivity index (χ1n) is 11.2. The van der Waals surface area contributed by atoms with Crippen LogP contribution in [0.5, 0.6) is 11.5 Å². The molecule has 4 aromatic heterocycles. The number of pyridine rings is 2. The van der Waals surface area contributed by atoms with E-state index in [1.165, 1.54) is 0 Å². The summed E-state index contributed by atoms with van der Waals surface area (Å²) in [6.07, 6.45) is 7.40. The zero-order chi connectivity index (χ0) is 23.2. The van der Waals surface area contributed by atoms with Crippen molar-refractivity contribution in [3.63, 3.8) is 0 Å². The summed E-state index contributed by atoms with van der Waals surface area (Å²) in [6, 6.07) is 32.5. The Hall–Kier alpha value is -4.28. The van der Waals surface area contributed by atoms with E-state index in [4.69, 9.17) is 9.84 Å². The largest absolute Gasteiger partial charge is 2.00 e. The maximum Gasteiger partial charge on any atom is 2.00 e. The molecule has 7 heteroatoms. The molecular weight excluding hydrogens is 629 g/mol. The van der Waals surface area contributed by atoms with Crippen LogP contribution >= 0.6 is 0 Å². The predicted molar refractivity (Wildman–Crippen MR) is 135 cm³/mol. The van der Waals surface area contributed by atoms with Crippen LogP contribution in [0, 0.1) is 12.1 Å². The topological polar surface area (TPSA) is 57.2 Å². The molecule has 0 atom stereocenters. The molecule has 0 unspecified atom stereocenters. The van der Waals surface area contributed by atoms with E-state index in [2.05, 4.69) is 28.2 Å². The summed E-state index contributed by atoms with van der Waals surface area (Å²) >= 11 is 0. The second-order valence-electron chi connectivity index (χ2n) is 8.12. The van der Waals surface area contributed by atoms with Crippen LogP contribution in [-0.2, 0) is 21.1 Å². The van der Waals surface area contributed by atoms with Crippen molar-refractivity contribution < 1.29 is 25.8 Å². The van der Waals surface area contributed by atoms with Gasteiger partial charge in [0.25, 0.3) is 0 Å². The average Bonchev–Trinajstić information content (AvgIpc) is 3.61. The maximum atomic E-state index is 6.17. The number of rotatable bonds is 4. The number of ether oxygens (including phenoxy) is 1. The van der Waals surface area contributed by atoms with Crippen molar-refractivity contribution >= 4 is 27.5 Å². The van der Waals surface area contributed by atoms with Crippen LogP contribution in [0.25, 0.3) is 44.4 Å². The molecule has 0 aliphatic rings. The molecule has 0 spiro atoms. The van der Waals surface area contributed by atoms with E-state index >= 15 is 0 Å². The number of aromatic nitrogens is 5. The van der Waals surface area contributed by atoms with Gasteiger partial charge >= 0.3 is 21.1 Å². The maximum absolute atomic E-state index is 6.17. The molecule has 36 heavy (non-hydrogen) atoms. The van der Waals surface area contributed by atoms with Crippen molar-refractivity contribution in [1.82, 2.24) is 24.1 Å². The van der Waals surface area contributed by atoms with Gasteiger partial charge in [0.15, 0.2) is 0 Å². The zero-order valence-corrected chi connectivity index (χ0v) is 21.0. The van der Waals surface area contributed by atoms with E-state index in [1.807, 2.05) is 89.6 Å². The second-order valence-corrected chi connectivity index (χ2v) is 8.12. The van der Waals surface area contributed by atoms with Gasteiger partial charge in [0.2, 0.25) is 0 Å². The normalized spacial score (nSPS) is 11.1. The van der Waals surface area contributed by atoms with Crippen molar-refractivity contribution in [2.24, 2.45) is 0 Å². The first-order chi connectivity index (χ1) is 17.3. The third-order valence-electron chi connectivity index (χ3n) is 5.97. The van der Waals surface area contributed by atoms with E-state index in [9.17, 15) is 0 Å². The molecule has 6 nitrogen and oxygen atoms in total. The van der Waals surface area contributed by atoms with Crippen LogP contribution in [-0.4, -0.2) is 24.1 Å². The quantitative estimate of drug-likeness (QED) is 0.167. The number of fused-ring (bicyclic) bond motifs is 6. The fraction of sp³-hybridized carbons (Fsp3) is 0. The van der Waals surface area contributed by atoms with E-state index in [0.717, 1.165) is 44.4 Å². The van der Waals surface area contributed by atoms with Crippen molar-refractivity contribution in [2.75, 3.05) is 0 Å². The van der Waals surface area contributed by atoms with Gasteiger partial charge in [-0.1, -0.05) is 53.2 Å². The molecule has 0 saturated carbocycles. The molecule has 0 bridgehead atoms. The van der Waals surface area contributed by atoms with Gasteiger partial charge in [0.05, 0.1) is 11.3 Å². The number of hydrogen-bond acceptors (Lipinski definition) is 4. The van der Waals surface area contributed by atoms with Crippen LogP contribution in [0.4, 0.5) is 0 Å². The van der Waals surface area contributed by atoms with Gasteiger partial charge in [-0.05, 0) is 23.2 Å². The first kappa shape index (κ1) is 22.2. The standard InChI is InChI=1S/C29H17N5O.Pt/c1-2-6-20(7-3-1)27-13-16-34(32-27)21-8-4-9-22(18-21)35-23-11-12-24-25-10-5-14-30-28(25)33-17-15-31-29(33)26(24)19-23;/h1-17H;/q-2;+2. The number of benzene rings is 3. The van der Waals surface area contributed by atoms with Gasteiger partial charge in [-0.3, -0.25) is 9.67 Å². The average molecular weight is 647 g/mol. The van der Waals surface area contributed by atoms with Gasteiger partial charge in [0.1, 0.15) is 5.65 Å². The monoisotopic (exact) mass is 646 g/mol. The summed E-state index contributed by atoms with van der Waals surface area (Å²) in [4.78, 5) is 9.09. The Morgan fingerprint density at radius 3 is 2.44 bits per heavy atom. The molecule has 0 fully saturated rings. The van der Waals surface area contributed by atoms with Crippen LogP contribution < -0.4 is 4.74 Å². The molecular formula is C29H17N5OPt. The van der Waals surface area contributed by atoms with Crippen LogP contribution in [0.2, 0.25) is 0 Å². The van der Waals surface area contributed by atoms with E-state index in [0.29, 0.717) is 11.5 Å². The third kappa shape index (κ3) is 3.76. The van der Waals surface area contributed by atoms with E-state index in [-0.39, 0.29) is 21.1 Å². The fourth-order valence-electron chi connectivity index (χ4n) is 4.36. The summed E-state index contributed by atoms with van der Waals surface area (Å²) in [6.45, 7) is 0. The minimum atomic E-state index is 0. The van der Waals surface area contributed by atoms with Crippen LogP contribution in [0.1, 0.15) is 0 Å². The van der Waals surface area contributed by atoms with Crippen molar-refractivity contribution in [2.45, 2.75) is 0 Å². The molecule has 3 aromatic carbocycles. The predicted octanol–water partition coefficient (Wildman–Crippen LogP) is 6.28. The second kappa shape index (κ2) is 9.06. The minimum absolute atomic E-state index is 0. The molecule has 0 N–H and O–H groups in total. The Morgan fingerprint density at radius 2 is 1.53 bits per heavy atom. The third-order valence-corrected chi connectivity index (χ3v) is 5.97. The number of nitrogens with zero attached hydrogens (tertiary/aromatic N) is 5. The fourth-order valence-corrected chi connectivity index (χ4v) is 4.36. The minimum Gasteiger partial charge on any atom is -0.503 e. The Labute approximate surface area is 221 Å². The summed E-state index contributed by atoms with van der Waals surface area (Å²) in [5.41, 5.74) is 4.42. The summed E-state index contributed by atoms with van der Waals surface area (Å²) < 4.78 is 9.95. The molecule has 0 amide bonds. The summed E-state index contributed by atoms with van der Waals surface area (Å²) in [5, 5.41) is 7.65. The molecule has 7 rings (SSSR count). The molecule has 0 aliphatic carbocycles. The van der Waals surface area contributed by atoms with Crippen molar-refractivity contribution in [1.29, 1.82) is 0 Å². The SMILES string of the molecule is [Pt+2].[c-]1c(Oc2[c-]c3c(cc2)c2cccnc2n2ccnc32)cccc1-n1ccc(-c2ccccc2)n1. The van der Waals surface area contributed by atoms with Crippen LogP contribution in [0.15, 0.2) is 104 Å². The van der Waals surface area contributed by atoms with Gasteiger partial charge in [0, 0.05) is 41.8 Å². The first-order valence-corrected chi connectivity index (χ1v) is 11.2. The molecule has 7 aromatic rings.